The second kappa shape index (κ2) is 8.93. The van der Waals surface area contributed by atoms with Gasteiger partial charge in [0.2, 0.25) is 0 Å². The Morgan fingerprint density at radius 3 is 2.55 bits per heavy atom. The van der Waals surface area contributed by atoms with Gasteiger partial charge in [0.25, 0.3) is 10.0 Å². The molecule has 9 heteroatoms. The average molecular weight is 548 g/mol. The molecular formula is C20H19ClINO5S. The third kappa shape index (κ3) is 4.39. The molecule has 0 aliphatic heterocycles. The highest BCUT2D eigenvalue weighted by Crippen LogP contribution is 2.31. The standard InChI is InChI=1S/C20H19ClINO5S/c1-27-15-4-7-19-17(10-15)13(3-8-20(24)28-2)12-23(19)29(25,26)16-5-6-18(21)14(9-16)11-22/h4-7,9-10,12H,3,8,11H2,1-2H3. The predicted molar refractivity (Wildman–Crippen MR) is 121 cm³/mol. The van der Waals surface area contributed by atoms with E-state index in [0.717, 1.165) is 11.1 Å². The first kappa shape index (κ1) is 21.9. The maximum Gasteiger partial charge on any atom is 0.305 e. The normalized spacial score (nSPS) is 11.6. The maximum absolute atomic E-state index is 13.4. The number of benzene rings is 2. The van der Waals surface area contributed by atoms with Crippen LogP contribution in [0.2, 0.25) is 5.02 Å². The summed E-state index contributed by atoms with van der Waals surface area (Å²) in [6, 6.07) is 9.85. The van der Waals surface area contributed by atoms with E-state index < -0.39 is 10.0 Å². The molecule has 0 N–H and O–H groups in total. The number of aryl methyl sites for hydroxylation is 1. The molecule has 0 bridgehead atoms. The Morgan fingerprint density at radius 2 is 1.90 bits per heavy atom. The lowest BCUT2D eigenvalue weighted by Gasteiger charge is -2.10. The van der Waals surface area contributed by atoms with E-state index >= 15 is 0 Å². The number of carbonyl (C=O) groups excluding carboxylic acids is 1. The summed E-state index contributed by atoms with van der Waals surface area (Å²) >= 11 is 8.29. The monoisotopic (exact) mass is 547 g/mol. The number of nitrogens with zero attached hydrogens (tertiary/aromatic N) is 1. The van der Waals surface area contributed by atoms with Crippen molar-refractivity contribution in [2.75, 3.05) is 14.2 Å². The summed E-state index contributed by atoms with van der Waals surface area (Å²) in [6.45, 7) is 0. The van der Waals surface area contributed by atoms with Crippen molar-refractivity contribution in [1.29, 1.82) is 0 Å². The van der Waals surface area contributed by atoms with E-state index in [4.69, 9.17) is 21.1 Å². The van der Waals surface area contributed by atoms with E-state index in [-0.39, 0.29) is 17.3 Å². The van der Waals surface area contributed by atoms with Gasteiger partial charge in [-0.15, -0.1) is 0 Å². The number of halogens is 2. The van der Waals surface area contributed by atoms with Crippen LogP contribution in [0.4, 0.5) is 0 Å². The minimum atomic E-state index is -3.86. The van der Waals surface area contributed by atoms with Crippen LogP contribution in [0.15, 0.2) is 47.5 Å². The van der Waals surface area contributed by atoms with Gasteiger partial charge in [-0.2, -0.15) is 0 Å². The molecule has 0 amide bonds. The fourth-order valence-electron chi connectivity index (χ4n) is 3.04. The van der Waals surface area contributed by atoms with E-state index in [9.17, 15) is 13.2 Å². The molecule has 154 valence electrons. The number of ether oxygens (including phenoxy) is 2. The zero-order chi connectivity index (χ0) is 21.2. The van der Waals surface area contributed by atoms with E-state index in [1.54, 1.807) is 43.6 Å². The Balaban J connectivity index is 2.16. The number of fused-ring (bicyclic) bond motifs is 1. The van der Waals surface area contributed by atoms with Gasteiger partial charge in [0.1, 0.15) is 5.75 Å². The minimum absolute atomic E-state index is 0.146. The number of alkyl halides is 1. The van der Waals surface area contributed by atoms with Crippen LogP contribution in [-0.2, 0) is 30.4 Å². The third-order valence-electron chi connectivity index (χ3n) is 4.60. The first-order valence-corrected chi connectivity index (χ1v) is 12.0. The highest BCUT2D eigenvalue weighted by atomic mass is 127. The van der Waals surface area contributed by atoms with E-state index in [1.807, 2.05) is 0 Å². The maximum atomic E-state index is 13.4. The summed E-state index contributed by atoms with van der Waals surface area (Å²) in [4.78, 5) is 11.7. The van der Waals surface area contributed by atoms with Gasteiger partial charge in [-0.25, -0.2) is 12.4 Å². The zero-order valence-electron chi connectivity index (χ0n) is 15.8. The molecule has 29 heavy (non-hydrogen) atoms. The lowest BCUT2D eigenvalue weighted by molar-refractivity contribution is -0.140. The van der Waals surface area contributed by atoms with Crippen molar-refractivity contribution in [2.45, 2.75) is 22.2 Å². The number of esters is 1. The van der Waals surface area contributed by atoms with Gasteiger partial charge in [-0.05, 0) is 53.9 Å². The summed E-state index contributed by atoms with van der Waals surface area (Å²) in [7, 11) is -0.992. The van der Waals surface area contributed by atoms with Crippen molar-refractivity contribution in [3.63, 3.8) is 0 Å². The van der Waals surface area contributed by atoms with E-state index in [0.29, 0.717) is 32.5 Å². The fourth-order valence-corrected chi connectivity index (χ4v) is 5.52. The largest absolute Gasteiger partial charge is 0.497 e. The lowest BCUT2D eigenvalue weighted by atomic mass is 10.1. The van der Waals surface area contributed by atoms with Gasteiger partial charge in [0.05, 0.1) is 24.6 Å². The molecule has 0 atom stereocenters. The second-order valence-corrected chi connectivity index (χ2v) is 9.29. The van der Waals surface area contributed by atoms with Crippen molar-refractivity contribution < 1.29 is 22.7 Å². The molecule has 0 aliphatic rings. The number of carbonyl (C=O) groups is 1. The van der Waals surface area contributed by atoms with Crippen LogP contribution in [0.1, 0.15) is 17.5 Å². The summed E-state index contributed by atoms with van der Waals surface area (Å²) in [5.41, 5.74) is 1.98. The van der Waals surface area contributed by atoms with Gasteiger partial charge in [0.15, 0.2) is 0 Å². The van der Waals surface area contributed by atoms with Crippen molar-refractivity contribution >= 4 is 61.1 Å². The highest BCUT2D eigenvalue weighted by molar-refractivity contribution is 14.1. The Hall–Kier alpha value is -1.78. The van der Waals surface area contributed by atoms with Crippen molar-refractivity contribution in [3.8, 4) is 5.75 Å². The molecule has 0 unspecified atom stereocenters. The second-order valence-electron chi connectivity index (χ2n) is 6.30. The lowest BCUT2D eigenvalue weighted by Crippen LogP contribution is -2.12. The molecule has 0 aliphatic carbocycles. The topological polar surface area (TPSA) is 74.6 Å². The molecule has 0 spiro atoms. The van der Waals surface area contributed by atoms with Gasteiger partial charge in [0, 0.05) is 27.5 Å². The number of methoxy groups -OCH3 is 2. The summed E-state index contributed by atoms with van der Waals surface area (Å²) in [5, 5.41) is 1.24. The summed E-state index contributed by atoms with van der Waals surface area (Å²) < 4.78 is 38.6. The van der Waals surface area contributed by atoms with Crippen LogP contribution in [0.25, 0.3) is 10.9 Å². The van der Waals surface area contributed by atoms with Crippen molar-refractivity contribution in [2.24, 2.45) is 0 Å². The summed E-state index contributed by atoms with van der Waals surface area (Å²) in [6.07, 6.45) is 2.05. The van der Waals surface area contributed by atoms with Crippen LogP contribution < -0.4 is 4.74 Å². The fraction of sp³-hybridized carbons (Fsp3) is 0.250. The Bertz CT molecular complexity index is 1170. The van der Waals surface area contributed by atoms with Gasteiger partial charge in [-0.1, -0.05) is 34.2 Å². The minimum Gasteiger partial charge on any atom is -0.497 e. The number of hydrogen-bond donors (Lipinski definition) is 0. The molecular weight excluding hydrogens is 529 g/mol. The molecule has 6 nitrogen and oxygen atoms in total. The SMILES string of the molecule is COC(=O)CCc1cn(S(=O)(=O)c2ccc(Cl)c(CI)c2)c2ccc(OC)cc12. The Morgan fingerprint density at radius 1 is 1.14 bits per heavy atom. The molecule has 0 fully saturated rings. The molecule has 0 saturated carbocycles. The molecule has 0 radical (unpaired) electrons. The molecule has 3 aromatic rings. The quantitative estimate of drug-likeness (QED) is 0.246. The molecule has 0 saturated heterocycles. The first-order chi connectivity index (χ1) is 13.8. The van der Waals surface area contributed by atoms with Gasteiger partial charge < -0.3 is 9.47 Å². The van der Waals surface area contributed by atoms with E-state index in [1.165, 1.54) is 17.1 Å². The van der Waals surface area contributed by atoms with Crippen molar-refractivity contribution in [3.05, 3.63) is 58.7 Å². The smallest absolute Gasteiger partial charge is 0.305 e. The highest BCUT2D eigenvalue weighted by Gasteiger charge is 2.23. The predicted octanol–water partition coefficient (Wildman–Crippen LogP) is 4.58. The first-order valence-electron chi connectivity index (χ1n) is 8.66. The van der Waals surface area contributed by atoms with Crippen molar-refractivity contribution in [1.82, 2.24) is 3.97 Å². The molecule has 1 aromatic heterocycles. The number of rotatable bonds is 7. The van der Waals surface area contributed by atoms with Crippen LogP contribution in [0, 0.1) is 0 Å². The number of hydrogen-bond acceptors (Lipinski definition) is 5. The van der Waals surface area contributed by atoms with Crippen LogP contribution in [-0.4, -0.2) is 32.6 Å². The van der Waals surface area contributed by atoms with Crippen LogP contribution in [0.3, 0.4) is 0 Å². The Kier molecular flexibility index (Phi) is 6.75. The summed E-state index contributed by atoms with van der Waals surface area (Å²) in [5.74, 6) is 0.242. The third-order valence-corrected chi connectivity index (χ3v) is 7.46. The Labute approximate surface area is 187 Å². The molecule has 2 aromatic carbocycles. The zero-order valence-corrected chi connectivity index (χ0v) is 19.5. The van der Waals surface area contributed by atoms with Gasteiger partial charge >= 0.3 is 5.97 Å². The van der Waals surface area contributed by atoms with Crippen LogP contribution in [0.5, 0.6) is 5.75 Å². The van der Waals surface area contributed by atoms with Crippen LogP contribution >= 0.6 is 34.2 Å². The number of aromatic nitrogens is 1. The van der Waals surface area contributed by atoms with Gasteiger partial charge in [-0.3, -0.25) is 4.79 Å². The molecule has 3 rings (SSSR count). The average Bonchev–Trinajstić information content (AvgIpc) is 3.10. The molecule has 1 heterocycles. The van der Waals surface area contributed by atoms with E-state index in [2.05, 4.69) is 22.6 Å².